The summed E-state index contributed by atoms with van der Waals surface area (Å²) < 4.78 is 37.7. The van der Waals surface area contributed by atoms with Gasteiger partial charge in [0, 0.05) is 5.56 Å². The van der Waals surface area contributed by atoms with Crippen LogP contribution in [-0.4, -0.2) is 25.1 Å². The molecule has 1 N–H and O–H groups in total. The molecule has 0 spiro atoms. The van der Waals surface area contributed by atoms with Crippen LogP contribution in [0.4, 0.5) is 13.2 Å². The number of nitrogens with zero attached hydrogens (tertiary/aromatic N) is 4. The first-order chi connectivity index (χ1) is 9.43. The van der Waals surface area contributed by atoms with Crippen LogP contribution in [0.1, 0.15) is 5.69 Å². The summed E-state index contributed by atoms with van der Waals surface area (Å²) >= 11 is 5.73. The van der Waals surface area contributed by atoms with Crippen molar-refractivity contribution >= 4 is 22.8 Å². The highest BCUT2D eigenvalue weighted by Gasteiger charge is 2.33. The first kappa shape index (κ1) is 12.8. The van der Waals surface area contributed by atoms with Crippen molar-refractivity contribution in [3.05, 3.63) is 35.2 Å². The molecule has 3 aromatic rings. The molecule has 0 saturated carbocycles. The van der Waals surface area contributed by atoms with Crippen molar-refractivity contribution in [1.29, 1.82) is 0 Å². The van der Waals surface area contributed by atoms with Gasteiger partial charge in [-0.25, -0.2) is 9.97 Å². The van der Waals surface area contributed by atoms with Gasteiger partial charge >= 0.3 is 6.18 Å². The lowest BCUT2D eigenvalue weighted by atomic mass is 10.2. The second-order valence-corrected chi connectivity index (χ2v) is 4.30. The molecule has 102 valence electrons. The Hall–Kier alpha value is -2.22. The second-order valence-electron chi connectivity index (χ2n) is 3.91. The third-order valence-electron chi connectivity index (χ3n) is 2.53. The number of fused-ring (bicyclic) bond motifs is 1. The zero-order valence-electron chi connectivity index (χ0n) is 9.61. The van der Waals surface area contributed by atoms with Crippen LogP contribution in [0, 0.1) is 0 Å². The van der Waals surface area contributed by atoms with Gasteiger partial charge in [0.15, 0.2) is 11.3 Å². The molecule has 20 heavy (non-hydrogen) atoms. The first-order valence-corrected chi connectivity index (χ1v) is 5.74. The molecule has 0 atom stereocenters. The lowest BCUT2D eigenvalue weighted by molar-refractivity contribution is -0.141. The fraction of sp³-hybridized carbons (Fsp3) is 0.0909. The molecule has 0 saturated heterocycles. The lowest BCUT2D eigenvalue weighted by Gasteiger charge is -2.04. The number of imidazole rings is 1. The van der Waals surface area contributed by atoms with Gasteiger partial charge in [0.25, 0.3) is 0 Å². The zero-order chi connectivity index (χ0) is 14.3. The maximum atomic E-state index is 12.6. The maximum Gasteiger partial charge on any atom is 0.435 e. The quantitative estimate of drug-likeness (QED) is 0.701. The Labute approximate surface area is 114 Å². The molecule has 0 radical (unpaired) electrons. The molecule has 0 amide bonds. The van der Waals surface area contributed by atoms with Gasteiger partial charge in [-0.05, 0) is 18.2 Å². The van der Waals surface area contributed by atoms with Gasteiger partial charge in [-0.2, -0.15) is 18.3 Å². The van der Waals surface area contributed by atoms with E-state index >= 15 is 0 Å². The normalized spacial score (nSPS) is 12.0. The number of pyridine rings is 1. The van der Waals surface area contributed by atoms with Gasteiger partial charge in [0.05, 0.1) is 6.20 Å². The highest BCUT2D eigenvalue weighted by Crippen LogP contribution is 2.29. The van der Waals surface area contributed by atoms with Crippen LogP contribution < -0.4 is 0 Å². The lowest BCUT2D eigenvalue weighted by Crippen LogP contribution is -2.09. The van der Waals surface area contributed by atoms with Crippen LogP contribution >= 0.6 is 11.6 Å². The van der Waals surface area contributed by atoms with E-state index in [-0.39, 0.29) is 16.5 Å². The van der Waals surface area contributed by atoms with Gasteiger partial charge in [-0.3, -0.25) is 0 Å². The summed E-state index contributed by atoms with van der Waals surface area (Å²) in [6.07, 6.45) is -3.37. The summed E-state index contributed by atoms with van der Waals surface area (Å²) in [4.78, 5) is 10.9. The van der Waals surface area contributed by atoms with Crippen molar-refractivity contribution in [1.82, 2.24) is 25.1 Å². The van der Waals surface area contributed by atoms with Crippen molar-refractivity contribution in [2.45, 2.75) is 6.18 Å². The van der Waals surface area contributed by atoms with Gasteiger partial charge in [0.1, 0.15) is 16.5 Å². The fourth-order valence-corrected chi connectivity index (χ4v) is 1.79. The minimum atomic E-state index is -4.56. The molecule has 3 heterocycles. The average molecular weight is 300 g/mol. The molecule has 0 aliphatic carbocycles. The number of aromatic amines is 1. The van der Waals surface area contributed by atoms with E-state index in [1.165, 1.54) is 6.20 Å². The van der Waals surface area contributed by atoms with Gasteiger partial charge in [0.2, 0.25) is 0 Å². The van der Waals surface area contributed by atoms with Crippen molar-refractivity contribution in [3.8, 4) is 11.4 Å². The maximum absolute atomic E-state index is 12.6. The van der Waals surface area contributed by atoms with Crippen LogP contribution in [0.25, 0.3) is 22.6 Å². The molecule has 5 nitrogen and oxygen atoms in total. The molecule has 0 aromatic carbocycles. The monoisotopic (exact) mass is 299 g/mol. The number of aromatic nitrogens is 5. The number of halogens is 4. The topological polar surface area (TPSA) is 67.3 Å². The summed E-state index contributed by atoms with van der Waals surface area (Å²) in [5, 5.41) is 6.65. The Morgan fingerprint density at radius 1 is 1.15 bits per heavy atom. The van der Waals surface area contributed by atoms with Crippen LogP contribution in [0.2, 0.25) is 5.15 Å². The Bertz CT molecular complexity index is 783. The zero-order valence-corrected chi connectivity index (χ0v) is 10.4. The van der Waals surface area contributed by atoms with Gasteiger partial charge < -0.3 is 4.98 Å². The predicted molar refractivity (Wildman–Crippen MR) is 64.9 cm³/mol. The smallest absolute Gasteiger partial charge is 0.323 e. The molecule has 0 unspecified atom stereocenters. The number of rotatable bonds is 1. The minimum Gasteiger partial charge on any atom is -0.323 e. The van der Waals surface area contributed by atoms with Crippen LogP contribution in [-0.2, 0) is 6.18 Å². The molecule has 0 bridgehead atoms. The Morgan fingerprint density at radius 2 is 1.95 bits per heavy atom. The van der Waals surface area contributed by atoms with E-state index in [1.54, 1.807) is 12.1 Å². The molecule has 3 rings (SSSR count). The molecule has 3 aromatic heterocycles. The van der Waals surface area contributed by atoms with Gasteiger partial charge in [-0.1, -0.05) is 11.6 Å². The van der Waals surface area contributed by atoms with E-state index in [4.69, 9.17) is 11.6 Å². The van der Waals surface area contributed by atoms with Crippen molar-refractivity contribution in [3.63, 3.8) is 0 Å². The third-order valence-corrected chi connectivity index (χ3v) is 2.74. The van der Waals surface area contributed by atoms with Crippen molar-refractivity contribution < 1.29 is 13.2 Å². The van der Waals surface area contributed by atoms with Crippen LogP contribution in [0.5, 0.6) is 0 Å². The Morgan fingerprint density at radius 3 is 2.70 bits per heavy atom. The standard InChI is InChI=1S/C11H5ClF3N5/c12-8-2-1-6-10(18-8)19-9(17-6)5-3-7(11(13,14)15)20-16-4-5/h1-4H,(H,17,18,19). The number of H-pyrrole nitrogens is 1. The third kappa shape index (κ3) is 2.29. The van der Waals surface area contributed by atoms with E-state index in [0.717, 1.165) is 6.07 Å². The average Bonchev–Trinajstić information content (AvgIpc) is 2.81. The molecule has 0 fully saturated rings. The first-order valence-electron chi connectivity index (χ1n) is 5.36. The number of hydrogen-bond donors (Lipinski definition) is 1. The van der Waals surface area contributed by atoms with Crippen molar-refractivity contribution in [2.75, 3.05) is 0 Å². The summed E-state index contributed by atoms with van der Waals surface area (Å²) in [5.41, 5.74) is -0.0319. The van der Waals surface area contributed by atoms with E-state index in [0.29, 0.717) is 11.2 Å². The molecule has 0 aliphatic heterocycles. The molecule has 0 aliphatic rings. The van der Waals surface area contributed by atoms with Crippen molar-refractivity contribution in [2.24, 2.45) is 0 Å². The number of nitrogens with one attached hydrogen (secondary N) is 1. The predicted octanol–water partition coefficient (Wildman–Crippen LogP) is 3.09. The van der Waals surface area contributed by atoms with E-state index in [1.807, 2.05) is 0 Å². The summed E-state index contributed by atoms with van der Waals surface area (Å²) in [6.45, 7) is 0. The molecule has 9 heteroatoms. The summed E-state index contributed by atoms with van der Waals surface area (Å²) in [5.74, 6) is 0.218. The SMILES string of the molecule is FC(F)(F)c1cc(-c2nc3ccc(Cl)nc3[nH]2)cnn1. The fourth-order valence-electron chi connectivity index (χ4n) is 1.64. The summed E-state index contributed by atoms with van der Waals surface area (Å²) in [6, 6.07) is 4.02. The number of hydrogen-bond acceptors (Lipinski definition) is 4. The molecular formula is C11H5ClF3N5. The minimum absolute atomic E-state index is 0.168. The summed E-state index contributed by atoms with van der Waals surface area (Å²) in [7, 11) is 0. The largest absolute Gasteiger partial charge is 0.435 e. The van der Waals surface area contributed by atoms with Gasteiger partial charge in [-0.15, -0.1) is 5.10 Å². The Balaban J connectivity index is 2.11. The number of alkyl halides is 3. The van der Waals surface area contributed by atoms with E-state index in [9.17, 15) is 13.2 Å². The Kier molecular flexibility index (Phi) is 2.82. The van der Waals surface area contributed by atoms with E-state index in [2.05, 4.69) is 25.1 Å². The van der Waals surface area contributed by atoms with Crippen LogP contribution in [0.3, 0.4) is 0 Å². The van der Waals surface area contributed by atoms with E-state index < -0.39 is 11.9 Å². The highest BCUT2D eigenvalue weighted by molar-refractivity contribution is 6.29. The second kappa shape index (κ2) is 4.41. The van der Waals surface area contributed by atoms with Crippen LogP contribution in [0.15, 0.2) is 24.4 Å². The molecular weight excluding hydrogens is 295 g/mol. The highest BCUT2D eigenvalue weighted by atomic mass is 35.5.